The number of aromatic amines is 1. The third-order valence-electron chi connectivity index (χ3n) is 5.96. The van der Waals surface area contributed by atoms with Crippen LogP contribution in [0.25, 0.3) is 33.2 Å². The molecule has 2 aromatic heterocycles. The topological polar surface area (TPSA) is 76.7 Å². The molecule has 5 nitrogen and oxygen atoms in total. The number of aromatic nitrogens is 3. The fraction of sp³-hybridized carbons (Fsp3) is 0.304. The number of aryl methyl sites for hydroxylation is 3. The molecular formula is C23H24N4O. The van der Waals surface area contributed by atoms with Gasteiger partial charge in [-0.1, -0.05) is 18.2 Å². The van der Waals surface area contributed by atoms with Crippen molar-refractivity contribution in [3.63, 3.8) is 0 Å². The highest BCUT2D eigenvalue weighted by atomic mass is 16.1. The van der Waals surface area contributed by atoms with E-state index < -0.39 is 0 Å². The largest absolute Gasteiger partial charge is 0.344 e. The molecule has 142 valence electrons. The summed E-state index contributed by atoms with van der Waals surface area (Å²) < 4.78 is 2.26. The van der Waals surface area contributed by atoms with Crippen LogP contribution in [0.2, 0.25) is 0 Å². The average molecular weight is 372 g/mol. The lowest BCUT2D eigenvalue weighted by molar-refractivity contribution is 0.657. The predicted octanol–water partition coefficient (Wildman–Crippen LogP) is 3.69. The number of hydrogen-bond donors (Lipinski definition) is 2. The number of fused-ring (bicyclic) bond motifs is 3. The van der Waals surface area contributed by atoms with Crippen molar-refractivity contribution in [2.24, 2.45) is 5.73 Å². The lowest BCUT2D eigenvalue weighted by Gasteiger charge is -2.08. The van der Waals surface area contributed by atoms with E-state index in [9.17, 15) is 4.79 Å². The number of nitrogens with zero attached hydrogens (tertiary/aromatic N) is 2. The Morgan fingerprint density at radius 1 is 1.18 bits per heavy atom. The van der Waals surface area contributed by atoms with Crippen LogP contribution in [0.3, 0.4) is 0 Å². The van der Waals surface area contributed by atoms with E-state index in [0.717, 1.165) is 59.0 Å². The normalized spacial score (nSPS) is 13.5. The fourth-order valence-corrected chi connectivity index (χ4v) is 4.59. The minimum Gasteiger partial charge on any atom is -0.344 e. The first kappa shape index (κ1) is 17.2. The van der Waals surface area contributed by atoms with Crippen LogP contribution in [-0.4, -0.2) is 21.1 Å². The Bertz CT molecular complexity index is 1270. The molecule has 5 heteroatoms. The Morgan fingerprint density at radius 2 is 1.96 bits per heavy atom. The number of nitrogens with one attached hydrogen (secondary N) is 1. The molecule has 0 spiro atoms. The monoisotopic (exact) mass is 372 g/mol. The summed E-state index contributed by atoms with van der Waals surface area (Å²) in [6.07, 6.45) is 4.25. The molecule has 2 heterocycles. The Balaban J connectivity index is 1.77. The molecule has 3 N–H and O–H groups in total. The van der Waals surface area contributed by atoms with Crippen molar-refractivity contribution >= 4 is 21.9 Å². The van der Waals surface area contributed by atoms with E-state index in [4.69, 9.17) is 10.7 Å². The summed E-state index contributed by atoms with van der Waals surface area (Å²) in [7, 11) is 0. The van der Waals surface area contributed by atoms with Gasteiger partial charge in [-0.2, -0.15) is 0 Å². The van der Waals surface area contributed by atoms with Crippen LogP contribution in [-0.2, 0) is 19.4 Å². The van der Waals surface area contributed by atoms with E-state index in [2.05, 4.69) is 40.7 Å². The van der Waals surface area contributed by atoms with Crippen molar-refractivity contribution < 1.29 is 0 Å². The van der Waals surface area contributed by atoms with Gasteiger partial charge in [0.1, 0.15) is 5.69 Å². The van der Waals surface area contributed by atoms with E-state index in [1.54, 1.807) is 0 Å². The van der Waals surface area contributed by atoms with Gasteiger partial charge in [-0.15, -0.1) is 0 Å². The summed E-state index contributed by atoms with van der Waals surface area (Å²) in [5.41, 5.74) is 13.6. The van der Waals surface area contributed by atoms with Gasteiger partial charge in [0.25, 0.3) is 5.56 Å². The molecule has 2 aromatic carbocycles. The van der Waals surface area contributed by atoms with Crippen molar-refractivity contribution in [2.45, 2.75) is 39.2 Å². The zero-order valence-corrected chi connectivity index (χ0v) is 16.1. The maximum atomic E-state index is 13.0. The van der Waals surface area contributed by atoms with Crippen molar-refractivity contribution in [3.05, 3.63) is 63.6 Å². The van der Waals surface area contributed by atoms with Gasteiger partial charge < -0.3 is 15.3 Å². The van der Waals surface area contributed by atoms with Gasteiger partial charge in [0.05, 0.1) is 11.0 Å². The van der Waals surface area contributed by atoms with Crippen molar-refractivity contribution in [1.82, 2.24) is 14.5 Å². The van der Waals surface area contributed by atoms with Crippen LogP contribution in [0.4, 0.5) is 0 Å². The molecular weight excluding hydrogens is 348 g/mol. The average Bonchev–Trinajstić information content (AvgIpc) is 3.25. The standard InChI is InChI=1S/C23H24N4O/c1-14-21(17-8-2-3-9-20(17)27(14)11-5-10-24)22-23(28)26-19-13-16-7-4-6-15(16)12-18(19)25-22/h2-3,8-9,12-13H,4-7,10-11,24H2,1H3,(H,26,28). The van der Waals surface area contributed by atoms with Crippen LogP contribution < -0.4 is 11.3 Å². The first-order valence-corrected chi connectivity index (χ1v) is 10.0. The molecule has 0 aliphatic heterocycles. The molecule has 0 unspecified atom stereocenters. The third kappa shape index (κ3) is 2.58. The molecule has 4 aromatic rings. The summed E-state index contributed by atoms with van der Waals surface area (Å²) in [4.78, 5) is 20.9. The van der Waals surface area contributed by atoms with Gasteiger partial charge >= 0.3 is 0 Å². The summed E-state index contributed by atoms with van der Waals surface area (Å²) in [5, 5.41) is 1.07. The summed E-state index contributed by atoms with van der Waals surface area (Å²) >= 11 is 0. The molecule has 0 fully saturated rings. The number of H-pyrrole nitrogens is 1. The number of rotatable bonds is 4. The molecule has 1 aliphatic carbocycles. The molecule has 5 rings (SSSR count). The van der Waals surface area contributed by atoms with Gasteiger partial charge in [0.2, 0.25) is 0 Å². The Labute approximate surface area is 163 Å². The molecule has 0 amide bonds. The quantitative estimate of drug-likeness (QED) is 0.573. The Kier molecular flexibility index (Phi) is 4.05. The lowest BCUT2D eigenvalue weighted by atomic mass is 10.1. The maximum Gasteiger partial charge on any atom is 0.275 e. The first-order chi connectivity index (χ1) is 13.7. The summed E-state index contributed by atoms with van der Waals surface area (Å²) in [6.45, 7) is 3.54. The van der Waals surface area contributed by atoms with Crippen LogP contribution in [0, 0.1) is 6.92 Å². The SMILES string of the molecule is Cc1c(-c2nc3cc4c(cc3[nH]c2=O)CCC4)c2ccccc2n1CCCN. The highest BCUT2D eigenvalue weighted by Crippen LogP contribution is 2.33. The molecule has 28 heavy (non-hydrogen) atoms. The second-order valence-corrected chi connectivity index (χ2v) is 7.68. The number of para-hydroxylation sites is 1. The van der Waals surface area contributed by atoms with E-state index in [0.29, 0.717) is 12.2 Å². The zero-order chi connectivity index (χ0) is 19.3. The first-order valence-electron chi connectivity index (χ1n) is 10.0. The predicted molar refractivity (Wildman–Crippen MR) is 114 cm³/mol. The Morgan fingerprint density at radius 3 is 2.79 bits per heavy atom. The number of nitrogens with two attached hydrogens (primary N) is 1. The smallest absolute Gasteiger partial charge is 0.275 e. The molecule has 0 saturated heterocycles. The highest BCUT2D eigenvalue weighted by molar-refractivity contribution is 5.97. The van der Waals surface area contributed by atoms with Crippen molar-refractivity contribution in [2.75, 3.05) is 6.54 Å². The van der Waals surface area contributed by atoms with Crippen LogP contribution >= 0.6 is 0 Å². The summed E-state index contributed by atoms with van der Waals surface area (Å²) in [6, 6.07) is 12.5. The van der Waals surface area contributed by atoms with Gasteiger partial charge in [0.15, 0.2) is 0 Å². The minimum absolute atomic E-state index is 0.129. The van der Waals surface area contributed by atoms with Crippen molar-refractivity contribution in [1.29, 1.82) is 0 Å². The van der Waals surface area contributed by atoms with E-state index in [-0.39, 0.29) is 5.56 Å². The van der Waals surface area contributed by atoms with Gasteiger partial charge in [-0.3, -0.25) is 4.79 Å². The molecule has 0 saturated carbocycles. The lowest BCUT2D eigenvalue weighted by Crippen LogP contribution is -2.13. The Hall–Kier alpha value is -2.92. The third-order valence-corrected chi connectivity index (χ3v) is 5.96. The number of hydrogen-bond acceptors (Lipinski definition) is 3. The van der Waals surface area contributed by atoms with Crippen LogP contribution in [0.5, 0.6) is 0 Å². The second kappa shape index (κ2) is 6.60. The summed E-state index contributed by atoms with van der Waals surface area (Å²) in [5.74, 6) is 0. The molecule has 0 radical (unpaired) electrons. The fourth-order valence-electron chi connectivity index (χ4n) is 4.59. The van der Waals surface area contributed by atoms with Gasteiger partial charge in [-0.05, 0) is 68.5 Å². The van der Waals surface area contributed by atoms with E-state index >= 15 is 0 Å². The zero-order valence-electron chi connectivity index (χ0n) is 16.1. The van der Waals surface area contributed by atoms with Gasteiger partial charge in [-0.25, -0.2) is 4.98 Å². The molecule has 1 aliphatic rings. The second-order valence-electron chi connectivity index (χ2n) is 7.68. The van der Waals surface area contributed by atoms with Crippen molar-refractivity contribution in [3.8, 4) is 11.3 Å². The highest BCUT2D eigenvalue weighted by Gasteiger charge is 2.20. The molecule has 0 bridgehead atoms. The van der Waals surface area contributed by atoms with Gasteiger partial charge in [0, 0.05) is 28.7 Å². The number of benzene rings is 2. The minimum atomic E-state index is -0.129. The van der Waals surface area contributed by atoms with E-state index in [1.165, 1.54) is 17.5 Å². The molecule has 0 atom stereocenters. The van der Waals surface area contributed by atoms with Crippen LogP contribution in [0.1, 0.15) is 29.7 Å². The maximum absolute atomic E-state index is 13.0. The van der Waals surface area contributed by atoms with Crippen LogP contribution in [0.15, 0.2) is 41.2 Å². The van der Waals surface area contributed by atoms with E-state index in [1.807, 2.05) is 12.1 Å².